The molecule has 0 saturated carbocycles. The Bertz CT molecular complexity index is 309. The van der Waals surface area contributed by atoms with Crippen LogP contribution in [0.2, 0.25) is 0 Å². The molecule has 0 N–H and O–H groups in total. The lowest BCUT2D eigenvalue weighted by molar-refractivity contribution is 0.436. The van der Waals surface area contributed by atoms with Crippen molar-refractivity contribution >= 4 is 22.6 Å². The van der Waals surface area contributed by atoms with Crippen LogP contribution in [-0.4, -0.2) is 4.43 Å². The molecule has 0 saturated heterocycles. The molecule has 0 spiro atoms. The van der Waals surface area contributed by atoms with Gasteiger partial charge in [-0.1, -0.05) is 67.2 Å². The number of hydrogen-bond donors (Lipinski definition) is 0. The third kappa shape index (κ3) is 2.74. The molecular weight excluding hydrogens is 295 g/mol. The maximum atomic E-state index is 3.92. The van der Waals surface area contributed by atoms with Gasteiger partial charge in [0.2, 0.25) is 0 Å². The molecule has 0 radical (unpaired) electrons. The Labute approximate surface area is 108 Å². The molecule has 0 aliphatic heterocycles. The van der Waals surface area contributed by atoms with Crippen LogP contribution in [0.25, 0.3) is 0 Å². The number of allylic oxidation sites excluding steroid dienone is 5. The fourth-order valence-corrected chi connectivity index (χ4v) is 2.97. The van der Waals surface area contributed by atoms with Crippen LogP contribution in [0.5, 0.6) is 0 Å². The van der Waals surface area contributed by atoms with Gasteiger partial charge in [0.1, 0.15) is 0 Å². The first-order valence-corrected chi connectivity index (χ1v) is 7.19. The van der Waals surface area contributed by atoms with E-state index in [1.807, 2.05) is 6.08 Å². The molecule has 1 heteroatoms. The summed E-state index contributed by atoms with van der Waals surface area (Å²) in [6.45, 7) is 10.8. The summed E-state index contributed by atoms with van der Waals surface area (Å²) in [5, 5.41) is 0. The van der Waals surface area contributed by atoms with Gasteiger partial charge in [-0.05, 0) is 30.9 Å². The van der Waals surface area contributed by atoms with Gasteiger partial charge in [0.25, 0.3) is 0 Å². The van der Waals surface area contributed by atoms with Crippen molar-refractivity contribution in [3.05, 3.63) is 35.5 Å². The number of rotatable bonds is 4. The zero-order valence-electron chi connectivity index (χ0n) is 10.1. The highest BCUT2D eigenvalue weighted by atomic mass is 127. The molecule has 1 aliphatic rings. The molecular formula is C14H21I. The van der Waals surface area contributed by atoms with Crippen molar-refractivity contribution in [3.63, 3.8) is 0 Å². The number of alkyl halides is 1. The summed E-state index contributed by atoms with van der Waals surface area (Å²) >= 11 is 2.51. The first kappa shape index (κ1) is 13.0. The second kappa shape index (κ2) is 5.33. The zero-order chi connectivity index (χ0) is 11.5. The van der Waals surface area contributed by atoms with Crippen LogP contribution in [0, 0.1) is 5.41 Å². The van der Waals surface area contributed by atoms with Gasteiger partial charge < -0.3 is 0 Å². The first-order valence-electron chi connectivity index (χ1n) is 5.66. The second-order valence-corrected chi connectivity index (χ2v) is 5.47. The molecule has 0 aromatic carbocycles. The van der Waals surface area contributed by atoms with Crippen LogP contribution in [0.4, 0.5) is 0 Å². The van der Waals surface area contributed by atoms with Gasteiger partial charge in [-0.3, -0.25) is 0 Å². The molecule has 0 aromatic heterocycles. The molecule has 84 valence electrons. The third-order valence-electron chi connectivity index (χ3n) is 3.31. The van der Waals surface area contributed by atoms with Crippen LogP contribution in [0.3, 0.4) is 0 Å². The minimum Gasteiger partial charge on any atom is -0.0988 e. The Balaban J connectivity index is 3.07. The Kier molecular flexibility index (Phi) is 4.63. The smallest absolute Gasteiger partial charge is 0.00900 e. The van der Waals surface area contributed by atoms with E-state index in [0.717, 1.165) is 6.42 Å². The maximum Gasteiger partial charge on any atom is 0.00900 e. The molecule has 0 aromatic rings. The van der Waals surface area contributed by atoms with E-state index in [9.17, 15) is 0 Å². The Hall–Kier alpha value is -0.0500. The van der Waals surface area contributed by atoms with Gasteiger partial charge in [-0.2, -0.15) is 0 Å². The summed E-state index contributed by atoms with van der Waals surface area (Å²) in [5.41, 5.74) is 4.83. The average Bonchev–Trinajstić information content (AvgIpc) is 2.23. The molecule has 0 nitrogen and oxygen atoms in total. The van der Waals surface area contributed by atoms with Gasteiger partial charge in [-0.25, -0.2) is 0 Å². The standard InChI is InChI=1S/C14H21I/c1-5-7-13-8-11(3)12(6-2)9-14(13,4)10-15/h6,8H,2,5,7,9-10H2,1,3-4H3. The van der Waals surface area contributed by atoms with E-state index < -0.39 is 0 Å². The van der Waals surface area contributed by atoms with E-state index in [1.165, 1.54) is 28.4 Å². The Morgan fingerprint density at radius 1 is 1.60 bits per heavy atom. The maximum absolute atomic E-state index is 3.92. The van der Waals surface area contributed by atoms with Crippen molar-refractivity contribution in [1.82, 2.24) is 0 Å². The third-order valence-corrected chi connectivity index (χ3v) is 5.00. The van der Waals surface area contributed by atoms with Crippen molar-refractivity contribution < 1.29 is 0 Å². The normalized spacial score (nSPS) is 26.5. The quantitative estimate of drug-likeness (QED) is 0.502. The largest absolute Gasteiger partial charge is 0.0988 e. The predicted molar refractivity (Wildman–Crippen MR) is 77.5 cm³/mol. The van der Waals surface area contributed by atoms with Crippen LogP contribution in [0.1, 0.15) is 40.0 Å². The summed E-state index contributed by atoms with van der Waals surface area (Å²) in [6, 6.07) is 0. The highest BCUT2D eigenvalue weighted by Crippen LogP contribution is 2.43. The minimum absolute atomic E-state index is 0.361. The van der Waals surface area contributed by atoms with Crippen LogP contribution in [0.15, 0.2) is 35.5 Å². The lowest BCUT2D eigenvalue weighted by Gasteiger charge is -2.35. The topological polar surface area (TPSA) is 0 Å². The van der Waals surface area contributed by atoms with Gasteiger partial charge >= 0.3 is 0 Å². The molecule has 15 heavy (non-hydrogen) atoms. The molecule has 0 heterocycles. The molecule has 1 aliphatic carbocycles. The molecule has 0 bridgehead atoms. The van der Waals surface area contributed by atoms with Crippen LogP contribution in [-0.2, 0) is 0 Å². The van der Waals surface area contributed by atoms with E-state index in [-0.39, 0.29) is 0 Å². The molecule has 1 unspecified atom stereocenters. The Morgan fingerprint density at radius 3 is 2.73 bits per heavy atom. The highest BCUT2D eigenvalue weighted by Gasteiger charge is 2.30. The summed E-state index contributed by atoms with van der Waals surface area (Å²) in [5.74, 6) is 0. The summed E-state index contributed by atoms with van der Waals surface area (Å²) < 4.78 is 1.20. The monoisotopic (exact) mass is 316 g/mol. The van der Waals surface area contributed by atoms with Gasteiger partial charge in [-0.15, -0.1) is 0 Å². The lowest BCUT2D eigenvalue weighted by atomic mass is 9.72. The van der Waals surface area contributed by atoms with Gasteiger partial charge in [0.05, 0.1) is 0 Å². The first-order chi connectivity index (χ1) is 7.07. The minimum atomic E-state index is 0.361. The second-order valence-electron chi connectivity index (χ2n) is 4.70. The summed E-state index contributed by atoms with van der Waals surface area (Å²) in [6.07, 6.45) is 8.06. The summed E-state index contributed by atoms with van der Waals surface area (Å²) in [4.78, 5) is 0. The molecule has 0 fully saturated rings. The Morgan fingerprint density at radius 2 is 2.27 bits per heavy atom. The van der Waals surface area contributed by atoms with Crippen LogP contribution >= 0.6 is 22.6 Å². The van der Waals surface area contributed by atoms with Crippen molar-refractivity contribution in [2.45, 2.75) is 40.0 Å². The van der Waals surface area contributed by atoms with Gasteiger partial charge in [0.15, 0.2) is 0 Å². The van der Waals surface area contributed by atoms with Gasteiger partial charge in [0, 0.05) is 9.84 Å². The predicted octanol–water partition coefficient (Wildman–Crippen LogP) is 5.06. The van der Waals surface area contributed by atoms with E-state index in [4.69, 9.17) is 0 Å². The molecule has 0 amide bonds. The van der Waals surface area contributed by atoms with E-state index in [1.54, 1.807) is 5.57 Å². The number of hydrogen-bond acceptors (Lipinski definition) is 0. The van der Waals surface area contributed by atoms with Crippen molar-refractivity contribution in [3.8, 4) is 0 Å². The van der Waals surface area contributed by atoms with Crippen LogP contribution < -0.4 is 0 Å². The van der Waals surface area contributed by atoms with E-state index >= 15 is 0 Å². The average molecular weight is 316 g/mol. The summed E-state index contributed by atoms with van der Waals surface area (Å²) in [7, 11) is 0. The SMILES string of the molecule is C=CC1=C(C)C=C(CCC)C(C)(CI)C1. The molecule has 1 rings (SSSR count). The number of halogens is 1. The van der Waals surface area contributed by atoms with Crippen molar-refractivity contribution in [2.24, 2.45) is 5.41 Å². The van der Waals surface area contributed by atoms with Crippen molar-refractivity contribution in [1.29, 1.82) is 0 Å². The van der Waals surface area contributed by atoms with Crippen molar-refractivity contribution in [2.75, 3.05) is 4.43 Å². The highest BCUT2D eigenvalue weighted by molar-refractivity contribution is 14.1. The molecule has 1 atom stereocenters. The fraction of sp³-hybridized carbons (Fsp3) is 0.571. The zero-order valence-corrected chi connectivity index (χ0v) is 12.2. The van der Waals surface area contributed by atoms with E-state index in [2.05, 4.69) is 56.0 Å². The van der Waals surface area contributed by atoms with E-state index in [0.29, 0.717) is 5.41 Å². The lowest BCUT2D eigenvalue weighted by Crippen LogP contribution is -2.25. The fourth-order valence-electron chi connectivity index (χ4n) is 2.21.